The average Bonchev–Trinajstić information content (AvgIpc) is 3.48. The Morgan fingerprint density at radius 1 is 0.816 bits per heavy atom. The van der Waals surface area contributed by atoms with E-state index in [1.165, 1.54) is 11.1 Å². The van der Waals surface area contributed by atoms with Gasteiger partial charge in [0.2, 0.25) is 5.91 Å². The quantitative estimate of drug-likeness (QED) is 0.457. The van der Waals surface area contributed by atoms with E-state index in [4.69, 9.17) is 9.47 Å². The standard InChI is InChI=1S/C30H33N3O4S/c1-36-25-17-24(18-26(19-25)37-2)29(34)33-21-38-20-27(33)30(35)32-15-13-31(14-16-32)28(22-9-5-3-6-10-22)23-11-7-4-8-12-23/h3-12,17-19,27-28H,13-16,20-21H2,1-2H3. The van der Waals surface area contributed by atoms with Gasteiger partial charge in [-0.2, -0.15) is 0 Å². The summed E-state index contributed by atoms with van der Waals surface area (Å²) in [5, 5.41) is 0. The van der Waals surface area contributed by atoms with Gasteiger partial charge in [-0.25, -0.2) is 0 Å². The lowest BCUT2D eigenvalue weighted by atomic mass is 9.96. The Morgan fingerprint density at radius 3 is 1.89 bits per heavy atom. The molecule has 0 aliphatic carbocycles. The van der Waals surface area contributed by atoms with Crippen LogP contribution in [0, 0.1) is 0 Å². The van der Waals surface area contributed by atoms with E-state index in [2.05, 4.69) is 53.4 Å². The van der Waals surface area contributed by atoms with Crippen LogP contribution in [0.15, 0.2) is 78.9 Å². The van der Waals surface area contributed by atoms with Crippen LogP contribution < -0.4 is 9.47 Å². The van der Waals surface area contributed by atoms with E-state index in [0.29, 0.717) is 41.8 Å². The largest absolute Gasteiger partial charge is 0.497 e. The monoisotopic (exact) mass is 531 g/mol. The highest BCUT2D eigenvalue weighted by molar-refractivity contribution is 7.99. The van der Waals surface area contributed by atoms with Gasteiger partial charge in [0.15, 0.2) is 0 Å². The number of hydrogen-bond donors (Lipinski definition) is 0. The molecule has 2 saturated heterocycles. The summed E-state index contributed by atoms with van der Waals surface area (Å²) in [4.78, 5) is 33.2. The van der Waals surface area contributed by atoms with Crippen molar-refractivity contribution in [2.24, 2.45) is 0 Å². The predicted molar refractivity (Wildman–Crippen MR) is 150 cm³/mol. The minimum atomic E-state index is -0.477. The molecule has 3 aromatic rings. The van der Waals surface area contributed by atoms with Gasteiger partial charge in [-0.1, -0.05) is 60.7 Å². The molecule has 0 N–H and O–H groups in total. The second-order valence-electron chi connectivity index (χ2n) is 9.48. The fourth-order valence-corrected chi connectivity index (χ4v) is 6.39. The van der Waals surface area contributed by atoms with Gasteiger partial charge in [0.1, 0.15) is 17.5 Å². The maximum atomic E-state index is 13.7. The summed E-state index contributed by atoms with van der Waals surface area (Å²) in [7, 11) is 3.11. The van der Waals surface area contributed by atoms with Gasteiger partial charge in [-0.15, -0.1) is 11.8 Å². The SMILES string of the molecule is COc1cc(OC)cc(C(=O)N2CSCC2C(=O)N2CCN(C(c3ccccc3)c3ccccc3)CC2)c1. The van der Waals surface area contributed by atoms with Crippen LogP contribution in [0.5, 0.6) is 11.5 Å². The number of thioether (sulfide) groups is 1. The van der Waals surface area contributed by atoms with Crippen molar-refractivity contribution in [1.29, 1.82) is 0 Å². The van der Waals surface area contributed by atoms with Crippen LogP contribution in [-0.4, -0.2) is 84.6 Å². The summed E-state index contributed by atoms with van der Waals surface area (Å²) in [6.07, 6.45) is 0. The molecule has 1 unspecified atom stereocenters. The average molecular weight is 532 g/mol. The molecule has 2 aliphatic heterocycles. The molecule has 0 radical (unpaired) electrons. The number of rotatable bonds is 7. The number of benzene rings is 3. The first kappa shape index (κ1) is 26.1. The first-order valence-corrected chi connectivity index (χ1v) is 14.0. The third kappa shape index (κ3) is 5.51. The number of carbonyl (C=O) groups is 2. The Kier molecular flexibility index (Phi) is 8.20. The Balaban J connectivity index is 1.28. The number of amides is 2. The fourth-order valence-electron chi connectivity index (χ4n) is 5.24. The van der Waals surface area contributed by atoms with E-state index in [0.717, 1.165) is 13.1 Å². The normalized spacial score (nSPS) is 18.0. The molecule has 3 aromatic carbocycles. The third-order valence-corrected chi connectivity index (χ3v) is 8.26. The molecule has 5 rings (SSSR count). The summed E-state index contributed by atoms with van der Waals surface area (Å²) in [6, 6.07) is 25.8. The summed E-state index contributed by atoms with van der Waals surface area (Å²) in [6.45, 7) is 2.79. The van der Waals surface area contributed by atoms with Crippen molar-refractivity contribution in [1.82, 2.24) is 14.7 Å². The summed E-state index contributed by atoms with van der Waals surface area (Å²) >= 11 is 1.61. The van der Waals surface area contributed by atoms with Crippen molar-refractivity contribution in [2.75, 3.05) is 52.0 Å². The van der Waals surface area contributed by atoms with Crippen LogP contribution in [0.1, 0.15) is 27.5 Å². The molecule has 1 atom stereocenters. The summed E-state index contributed by atoms with van der Waals surface area (Å²) in [5.41, 5.74) is 2.95. The van der Waals surface area contributed by atoms with Gasteiger partial charge >= 0.3 is 0 Å². The number of nitrogens with zero attached hydrogens (tertiary/aromatic N) is 3. The maximum Gasteiger partial charge on any atom is 0.255 e. The topological polar surface area (TPSA) is 62.3 Å². The molecular formula is C30H33N3O4S. The molecule has 0 saturated carbocycles. The second kappa shape index (κ2) is 11.9. The number of ether oxygens (including phenoxy) is 2. The predicted octanol–water partition coefficient (Wildman–Crippen LogP) is 4.15. The number of hydrogen-bond acceptors (Lipinski definition) is 6. The van der Waals surface area contributed by atoms with E-state index in [1.807, 2.05) is 17.0 Å². The zero-order chi connectivity index (χ0) is 26.5. The lowest BCUT2D eigenvalue weighted by Gasteiger charge is -2.41. The molecule has 2 fully saturated rings. The van der Waals surface area contributed by atoms with Crippen LogP contribution >= 0.6 is 11.8 Å². The van der Waals surface area contributed by atoms with Crippen LogP contribution in [0.25, 0.3) is 0 Å². The van der Waals surface area contributed by atoms with Crippen molar-refractivity contribution in [3.05, 3.63) is 95.6 Å². The Bertz CT molecular complexity index is 1190. The van der Waals surface area contributed by atoms with E-state index in [9.17, 15) is 9.59 Å². The van der Waals surface area contributed by atoms with Gasteiger partial charge in [-0.05, 0) is 23.3 Å². The van der Waals surface area contributed by atoms with Crippen LogP contribution in [0.4, 0.5) is 0 Å². The third-order valence-electron chi connectivity index (χ3n) is 7.25. The number of methoxy groups -OCH3 is 2. The van der Waals surface area contributed by atoms with Crippen molar-refractivity contribution in [3.63, 3.8) is 0 Å². The van der Waals surface area contributed by atoms with Gasteiger partial charge < -0.3 is 19.3 Å². The number of carbonyl (C=O) groups excluding carboxylic acids is 2. The second-order valence-corrected chi connectivity index (χ2v) is 10.5. The molecule has 198 valence electrons. The van der Waals surface area contributed by atoms with Crippen molar-refractivity contribution < 1.29 is 19.1 Å². The molecule has 0 aromatic heterocycles. The van der Waals surface area contributed by atoms with E-state index < -0.39 is 6.04 Å². The molecule has 7 nitrogen and oxygen atoms in total. The van der Waals surface area contributed by atoms with Gasteiger partial charge in [0.25, 0.3) is 5.91 Å². The minimum Gasteiger partial charge on any atom is -0.497 e. The van der Waals surface area contributed by atoms with Crippen molar-refractivity contribution in [2.45, 2.75) is 12.1 Å². The Labute approximate surface area is 228 Å². The van der Waals surface area contributed by atoms with E-state index in [-0.39, 0.29) is 17.9 Å². The molecule has 2 amide bonds. The van der Waals surface area contributed by atoms with E-state index >= 15 is 0 Å². The Morgan fingerprint density at radius 2 is 1.37 bits per heavy atom. The van der Waals surface area contributed by atoms with Crippen LogP contribution in [0.2, 0.25) is 0 Å². The van der Waals surface area contributed by atoms with E-state index in [1.54, 1.807) is 49.1 Å². The fraction of sp³-hybridized carbons (Fsp3) is 0.333. The first-order valence-electron chi connectivity index (χ1n) is 12.8. The Hall–Kier alpha value is -3.49. The van der Waals surface area contributed by atoms with Gasteiger partial charge in [0.05, 0.1) is 26.1 Å². The molecular weight excluding hydrogens is 498 g/mol. The molecule has 0 bridgehead atoms. The zero-order valence-electron chi connectivity index (χ0n) is 21.8. The van der Waals surface area contributed by atoms with Crippen LogP contribution in [0.3, 0.4) is 0 Å². The lowest BCUT2D eigenvalue weighted by Crippen LogP contribution is -2.55. The molecule has 2 heterocycles. The minimum absolute atomic E-state index is 0.0221. The highest BCUT2D eigenvalue weighted by Gasteiger charge is 2.39. The highest BCUT2D eigenvalue weighted by Crippen LogP contribution is 2.31. The zero-order valence-corrected chi connectivity index (χ0v) is 22.6. The molecule has 8 heteroatoms. The maximum absolute atomic E-state index is 13.7. The van der Waals surface area contributed by atoms with Crippen molar-refractivity contribution in [3.8, 4) is 11.5 Å². The highest BCUT2D eigenvalue weighted by atomic mass is 32.2. The van der Waals surface area contributed by atoms with Gasteiger partial charge in [0, 0.05) is 43.6 Å². The summed E-state index contributed by atoms with van der Waals surface area (Å²) in [5.74, 6) is 2.02. The van der Waals surface area contributed by atoms with Crippen molar-refractivity contribution >= 4 is 23.6 Å². The van der Waals surface area contributed by atoms with Crippen LogP contribution in [-0.2, 0) is 4.79 Å². The lowest BCUT2D eigenvalue weighted by molar-refractivity contribution is -0.136. The first-order chi connectivity index (χ1) is 18.6. The summed E-state index contributed by atoms with van der Waals surface area (Å²) < 4.78 is 10.7. The molecule has 0 spiro atoms. The van der Waals surface area contributed by atoms with Gasteiger partial charge in [-0.3, -0.25) is 14.5 Å². The molecule has 38 heavy (non-hydrogen) atoms. The smallest absolute Gasteiger partial charge is 0.255 e. The molecule has 2 aliphatic rings. The number of piperazine rings is 1.